The second-order valence-electron chi connectivity index (χ2n) is 3.11. The van der Waals surface area contributed by atoms with Gasteiger partial charge in [0.1, 0.15) is 0 Å². The lowest BCUT2D eigenvalue weighted by atomic mass is 10.7. The standard InChI is InChI=1S/C9H18N4O3S/c1-6-13(17-5)9(15)11-7(16-4)10-8(14)12(2)3/h6H2,1-5H3,(H,10,11,14,15). The quantitative estimate of drug-likeness (QED) is 0.457. The summed E-state index contributed by atoms with van der Waals surface area (Å²) in [7, 11) is 4.44. The van der Waals surface area contributed by atoms with Crippen LogP contribution in [-0.2, 0) is 4.74 Å². The predicted octanol–water partition coefficient (Wildman–Crippen LogP) is 0.980. The van der Waals surface area contributed by atoms with Crippen molar-refractivity contribution in [2.45, 2.75) is 6.92 Å². The second kappa shape index (κ2) is 7.77. The fourth-order valence-corrected chi connectivity index (χ4v) is 1.29. The van der Waals surface area contributed by atoms with E-state index in [9.17, 15) is 9.59 Å². The van der Waals surface area contributed by atoms with Crippen LogP contribution in [0.25, 0.3) is 0 Å². The topological polar surface area (TPSA) is 74.2 Å². The van der Waals surface area contributed by atoms with E-state index in [1.807, 2.05) is 6.92 Å². The van der Waals surface area contributed by atoms with Crippen LogP contribution in [0, 0.1) is 0 Å². The number of carbonyl (C=O) groups excluding carboxylic acids is 2. The zero-order chi connectivity index (χ0) is 13.4. The van der Waals surface area contributed by atoms with Gasteiger partial charge in [-0.2, -0.15) is 0 Å². The van der Waals surface area contributed by atoms with Crippen LogP contribution in [0.1, 0.15) is 6.92 Å². The van der Waals surface area contributed by atoms with Crippen LogP contribution in [-0.4, -0.2) is 61.3 Å². The minimum atomic E-state index is -0.505. The number of hydrogen-bond donors (Lipinski definition) is 1. The maximum Gasteiger partial charge on any atom is 0.347 e. The maximum atomic E-state index is 11.6. The van der Waals surface area contributed by atoms with Gasteiger partial charge >= 0.3 is 18.1 Å². The minimum Gasteiger partial charge on any atom is -0.468 e. The molecule has 0 aliphatic rings. The summed E-state index contributed by atoms with van der Waals surface area (Å²) in [5, 5.41) is 2.40. The minimum absolute atomic E-state index is 0.124. The van der Waals surface area contributed by atoms with E-state index in [0.29, 0.717) is 6.54 Å². The van der Waals surface area contributed by atoms with Gasteiger partial charge in [0, 0.05) is 26.9 Å². The zero-order valence-electron chi connectivity index (χ0n) is 10.7. The lowest BCUT2D eigenvalue weighted by Gasteiger charge is -2.17. The fourth-order valence-electron chi connectivity index (χ4n) is 0.821. The summed E-state index contributed by atoms with van der Waals surface area (Å²) in [4.78, 5) is 27.8. The molecule has 0 saturated heterocycles. The summed E-state index contributed by atoms with van der Waals surface area (Å²) >= 11 is 1.27. The first-order valence-corrected chi connectivity index (χ1v) is 6.11. The Labute approximate surface area is 105 Å². The number of ether oxygens (including phenoxy) is 1. The number of nitrogens with one attached hydrogen (secondary N) is 1. The first-order valence-electron chi connectivity index (χ1n) is 4.92. The summed E-state index contributed by atoms with van der Waals surface area (Å²) < 4.78 is 6.28. The van der Waals surface area contributed by atoms with Crippen LogP contribution in [0.5, 0.6) is 0 Å². The number of carbonyl (C=O) groups is 2. The summed E-state index contributed by atoms with van der Waals surface area (Å²) in [5.74, 6) is 0. The van der Waals surface area contributed by atoms with Crippen molar-refractivity contribution in [1.82, 2.24) is 14.5 Å². The molecule has 0 aromatic rings. The van der Waals surface area contributed by atoms with Crippen LogP contribution < -0.4 is 5.32 Å². The van der Waals surface area contributed by atoms with Gasteiger partial charge in [-0.15, -0.1) is 4.99 Å². The molecule has 98 valence electrons. The van der Waals surface area contributed by atoms with Gasteiger partial charge in [0.2, 0.25) is 0 Å². The molecule has 0 aromatic heterocycles. The van der Waals surface area contributed by atoms with E-state index >= 15 is 0 Å². The van der Waals surface area contributed by atoms with E-state index in [2.05, 4.69) is 10.3 Å². The second-order valence-corrected chi connectivity index (χ2v) is 3.91. The third-order valence-electron chi connectivity index (χ3n) is 1.72. The van der Waals surface area contributed by atoms with E-state index in [4.69, 9.17) is 4.74 Å². The van der Waals surface area contributed by atoms with Crippen LogP contribution in [0.2, 0.25) is 0 Å². The monoisotopic (exact) mass is 262 g/mol. The number of urea groups is 2. The number of aliphatic imine (C=N–C) groups is 1. The lowest BCUT2D eigenvalue weighted by molar-refractivity contribution is 0.224. The van der Waals surface area contributed by atoms with E-state index in [1.54, 1.807) is 20.4 Å². The number of nitrogens with zero attached hydrogens (tertiary/aromatic N) is 3. The van der Waals surface area contributed by atoms with Crippen molar-refractivity contribution in [1.29, 1.82) is 0 Å². The molecule has 17 heavy (non-hydrogen) atoms. The summed E-state index contributed by atoms with van der Waals surface area (Å²) in [6.07, 6.45) is 1.78. The molecule has 0 aliphatic heterocycles. The Balaban J connectivity index is 4.60. The highest BCUT2D eigenvalue weighted by Crippen LogP contribution is 2.03. The fraction of sp³-hybridized carbons (Fsp3) is 0.667. The SMILES string of the molecule is CCN(SC)C(=O)NC(=NC(=O)N(C)C)OC. The van der Waals surface area contributed by atoms with Crippen molar-refractivity contribution in [2.24, 2.45) is 4.99 Å². The highest BCUT2D eigenvalue weighted by atomic mass is 32.2. The molecule has 0 bridgehead atoms. The first kappa shape index (κ1) is 15.6. The molecule has 0 rings (SSSR count). The molecule has 4 amide bonds. The smallest absolute Gasteiger partial charge is 0.347 e. The average molecular weight is 262 g/mol. The van der Waals surface area contributed by atoms with Crippen LogP contribution >= 0.6 is 11.9 Å². The van der Waals surface area contributed by atoms with Gasteiger partial charge in [0.15, 0.2) is 0 Å². The van der Waals surface area contributed by atoms with Gasteiger partial charge in [-0.05, 0) is 18.9 Å². The number of amidine groups is 1. The Morgan fingerprint density at radius 1 is 1.41 bits per heavy atom. The van der Waals surface area contributed by atoms with Gasteiger partial charge < -0.3 is 9.64 Å². The van der Waals surface area contributed by atoms with Crippen molar-refractivity contribution in [3.05, 3.63) is 0 Å². The average Bonchev–Trinajstić information content (AvgIpc) is 2.29. The van der Waals surface area contributed by atoms with Gasteiger partial charge in [0.05, 0.1) is 7.11 Å². The van der Waals surface area contributed by atoms with Crippen molar-refractivity contribution >= 4 is 30.0 Å². The van der Waals surface area contributed by atoms with Crippen LogP contribution in [0.15, 0.2) is 4.99 Å². The Morgan fingerprint density at radius 2 is 2.00 bits per heavy atom. The third-order valence-corrected chi connectivity index (χ3v) is 2.59. The zero-order valence-corrected chi connectivity index (χ0v) is 11.5. The van der Waals surface area contributed by atoms with Crippen molar-refractivity contribution in [2.75, 3.05) is 34.0 Å². The summed E-state index contributed by atoms with van der Waals surface area (Å²) in [6, 6.07) is -1.01. The molecule has 1 N–H and O–H groups in total. The van der Waals surface area contributed by atoms with Crippen molar-refractivity contribution in [3.63, 3.8) is 0 Å². The molecule has 0 saturated carbocycles. The van der Waals surface area contributed by atoms with Crippen LogP contribution in [0.3, 0.4) is 0 Å². The summed E-state index contributed by atoms with van der Waals surface area (Å²) in [5.41, 5.74) is 0. The number of hydrogen-bond acceptors (Lipinski definition) is 4. The Bertz CT molecular complexity index is 303. The Morgan fingerprint density at radius 3 is 2.35 bits per heavy atom. The van der Waals surface area contributed by atoms with Crippen molar-refractivity contribution < 1.29 is 14.3 Å². The van der Waals surface area contributed by atoms with E-state index in [0.717, 1.165) is 0 Å². The van der Waals surface area contributed by atoms with Gasteiger partial charge in [-0.3, -0.25) is 9.62 Å². The van der Waals surface area contributed by atoms with Crippen molar-refractivity contribution in [3.8, 4) is 0 Å². The molecule has 0 heterocycles. The molecule has 0 fully saturated rings. The molecule has 0 aromatic carbocycles. The predicted molar refractivity (Wildman–Crippen MR) is 68.0 cm³/mol. The maximum absolute atomic E-state index is 11.6. The third kappa shape index (κ3) is 5.43. The van der Waals surface area contributed by atoms with E-state index in [1.165, 1.54) is 28.3 Å². The van der Waals surface area contributed by atoms with Gasteiger partial charge in [-0.1, -0.05) is 0 Å². The highest BCUT2D eigenvalue weighted by Gasteiger charge is 2.14. The number of amides is 4. The van der Waals surface area contributed by atoms with E-state index < -0.39 is 6.03 Å². The largest absolute Gasteiger partial charge is 0.468 e. The Kier molecular flexibility index (Phi) is 7.11. The molecule has 0 unspecified atom stereocenters. The normalized spacial score (nSPS) is 10.8. The molecule has 0 radical (unpaired) electrons. The first-order chi connectivity index (χ1) is 7.96. The lowest BCUT2D eigenvalue weighted by Crippen LogP contribution is -2.40. The molecular formula is C9H18N4O3S. The number of methoxy groups -OCH3 is 1. The van der Waals surface area contributed by atoms with Crippen LogP contribution in [0.4, 0.5) is 9.59 Å². The van der Waals surface area contributed by atoms with E-state index in [-0.39, 0.29) is 12.1 Å². The molecular weight excluding hydrogens is 244 g/mol. The Hall–Kier alpha value is -1.44. The van der Waals surface area contributed by atoms with Gasteiger partial charge in [-0.25, -0.2) is 9.59 Å². The molecule has 7 nitrogen and oxygen atoms in total. The molecule has 0 aliphatic carbocycles. The van der Waals surface area contributed by atoms with Gasteiger partial charge in [0.25, 0.3) is 0 Å². The summed E-state index contributed by atoms with van der Waals surface area (Å²) in [6.45, 7) is 2.37. The molecule has 8 heteroatoms. The highest BCUT2D eigenvalue weighted by molar-refractivity contribution is 7.96. The molecule has 0 spiro atoms. The molecule has 0 atom stereocenters. The number of rotatable bonds is 2.